The third kappa shape index (κ3) is 5.31. The summed E-state index contributed by atoms with van der Waals surface area (Å²) in [5, 5.41) is 0.646. The number of ether oxygens (including phenoxy) is 1. The number of rotatable bonds is 5. The molecule has 0 aromatic heterocycles. The molecule has 1 heterocycles. The third-order valence-electron chi connectivity index (χ3n) is 4.57. The van der Waals surface area contributed by atoms with Gasteiger partial charge < -0.3 is 9.64 Å². The van der Waals surface area contributed by atoms with E-state index in [1.807, 2.05) is 29.2 Å². The Morgan fingerprint density at radius 3 is 2.63 bits per heavy atom. The van der Waals surface area contributed by atoms with Crippen LogP contribution in [0.5, 0.6) is 5.75 Å². The molecule has 2 aromatic carbocycles. The second-order valence-corrected chi connectivity index (χ2v) is 6.90. The highest BCUT2D eigenvalue weighted by Crippen LogP contribution is 2.19. The van der Waals surface area contributed by atoms with E-state index in [-0.39, 0.29) is 17.5 Å². The standard InChI is InChI=1S/C21H22ClFN2O2/c1-27-20-7-5-17(14-19(20)23)15-24-9-11-25(12-10-24)21(26)8-6-16-3-2-4-18(22)13-16/h2-8,13-14H,9-12,15H2,1H3/b8-6+. The Morgan fingerprint density at radius 1 is 1.19 bits per heavy atom. The predicted molar refractivity (Wildman–Crippen MR) is 105 cm³/mol. The minimum atomic E-state index is -0.352. The quantitative estimate of drug-likeness (QED) is 0.729. The van der Waals surface area contributed by atoms with Crippen molar-refractivity contribution >= 4 is 23.6 Å². The molecule has 1 aliphatic rings. The van der Waals surface area contributed by atoms with Crippen molar-refractivity contribution in [3.63, 3.8) is 0 Å². The van der Waals surface area contributed by atoms with Gasteiger partial charge in [0.25, 0.3) is 0 Å². The average molecular weight is 389 g/mol. The van der Waals surface area contributed by atoms with Crippen molar-refractivity contribution in [2.75, 3.05) is 33.3 Å². The zero-order chi connectivity index (χ0) is 19.2. The Labute approximate surface area is 163 Å². The van der Waals surface area contributed by atoms with Crippen LogP contribution in [0.25, 0.3) is 6.08 Å². The summed E-state index contributed by atoms with van der Waals surface area (Å²) in [4.78, 5) is 16.4. The number of benzene rings is 2. The normalized spacial score (nSPS) is 15.3. The molecule has 1 aliphatic heterocycles. The predicted octanol–water partition coefficient (Wildman–Crippen LogP) is 3.85. The van der Waals surface area contributed by atoms with Crippen molar-refractivity contribution in [1.29, 1.82) is 0 Å². The van der Waals surface area contributed by atoms with Crippen molar-refractivity contribution in [3.8, 4) is 5.75 Å². The number of hydrogen-bond acceptors (Lipinski definition) is 3. The van der Waals surface area contributed by atoms with Crippen LogP contribution in [-0.4, -0.2) is 49.0 Å². The molecule has 1 fully saturated rings. The molecule has 142 valence electrons. The molecular weight excluding hydrogens is 367 g/mol. The molecule has 0 aliphatic carbocycles. The van der Waals surface area contributed by atoms with Crippen molar-refractivity contribution in [1.82, 2.24) is 9.80 Å². The number of halogens is 2. The molecule has 27 heavy (non-hydrogen) atoms. The van der Waals surface area contributed by atoms with Gasteiger partial charge in [0.15, 0.2) is 11.6 Å². The minimum Gasteiger partial charge on any atom is -0.494 e. The fourth-order valence-corrected chi connectivity index (χ4v) is 3.27. The summed E-state index contributed by atoms with van der Waals surface area (Å²) in [6.07, 6.45) is 3.36. The van der Waals surface area contributed by atoms with Crippen molar-refractivity contribution in [3.05, 3.63) is 70.5 Å². The highest BCUT2D eigenvalue weighted by molar-refractivity contribution is 6.30. The lowest BCUT2D eigenvalue weighted by atomic mass is 10.1. The SMILES string of the molecule is COc1ccc(CN2CCN(C(=O)/C=C/c3cccc(Cl)c3)CC2)cc1F. The molecule has 1 amide bonds. The second kappa shape index (κ2) is 9.02. The molecule has 0 radical (unpaired) electrons. The van der Waals surface area contributed by atoms with Gasteiger partial charge >= 0.3 is 0 Å². The summed E-state index contributed by atoms with van der Waals surface area (Å²) in [5.41, 5.74) is 1.80. The van der Waals surface area contributed by atoms with Gasteiger partial charge in [-0.2, -0.15) is 0 Å². The first-order chi connectivity index (χ1) is 13.0. The molecule has 0 unspecified atom stereocenters. The smallest absolute Gasteiger partial charge is 0.246 e. The highest BCUT2D eigenvalue weighted by atomic mass is 35.5. The fraction of sp³-hybridized carbons (Fsp3) is 0.286. The van der Waals surface area contributed by atoms with Crippen molar-refractivity contribution in [2.24, 2.45) is 0 Å². The summed E-state index contributed by atoms with van der Waals surface area (Å²) < 4.78 is 18.8. The molecule has 0 atom stereocenters. The molecular formula is C21H22ClFN2O2. The van der Waals surface area contributed by atoms with Gasteiger partial charge in [0.1, 0.15) is 0 Å². The van der Waals surface area contributed by atoms with Crippen LogP contribution in [0.1, 0.15) is 11.1 Å². The number of nitrogens with zero attached hydrogens (tertiary/aromatic N) is 2. The first-order valence-corrected chi connectivity index (χ1v) is 9.20. The van der Waals surface area contributed by atoms with Gasteiger partial charge in [0.2, 0.25) is 5.91 Å². The van der Waals surface area contributed by atoms with Gasteiger partial charge in [0, 0.05) is 43.8 Å². The lowest BCUT2D eigenvalue weighted by Crippen LogP contribution is -2.47. The highest BCUT2D eigenvalue weighted by Gasteiger charge is 2.20. The maximum absolute atomic E-state index is 13.8. The van der Waals surface area contributed by atoms with Crippen LogP contribution in [-0.2, 0) is 11.3 Å². The van der Waals surface area contributed by atoms with E-state index in [2.05, 4.69) is 4.90 Å². The van der Waals surface area contributed by atoms with E-state index in [4.69, 9.17) is 16.3 Å². The molecule has 6 heteroatoms. The van der Waals surface area contributed by atoms with E-state index in [1.165, 1.54) is 13.2 Å². The Kier molecular flexibility index (Phi) is 6.48. The van der Waals surface area contributed by atoms with Gasteiger partial charge in [-0.3, -0.25) is 9.69 Å². The Morgan fingerprint density at radius 2 is 1.96 bits per heavy atom. The summed E-state index contributed by atoms with van der Waals surface area (Å²) in [6, 6.07) is 12.4. The molecule has 2 aromatic rings. The first kappa shape index (κ1) is 19.4. The number of piperazine rings is 1. The van der Waals surface area contributed by atoms with Gasteiger partial charge in [-0.1, -0.05) is 29.8 Å². The van der Waals surface area contributed by atoms with E-state index in [0.29, 0.717) is 24.7 Å². The number of amides is 1. The fourth-order valence-electron chi connectivity index (χ4n) is 3.08. The van der Waals surface area contributed by atoms with Gasteiger partial charge in [-0.05, 0) is 41.5 Å². The number of methoxy groups -OCH3 is 1. The van der Waals surface area contributed by atoms with Gasteiger partial charge in [-0.25, -0.2) is 4.39 Å². The Balaban J connectivity index is 1.51. The Hall–Kier alpha value is -2.37. The summed E-state index contributed by atoms with van der Waals surface area (Å²) in [5.74, 6) is -0.110. The lowest BCUT2D eigenvalue weighted by Gasteiger charge is -2.34. The molecule has 3 rings (SSSR count). The maximum atomic E-state index is 13.8. The molecule has 0 spiro atoms. The molecule has 0 bridgehead atoms. The number of carbonyl (C=O) groups is 1. The zero-order valence-electron chi connectivity index (χ0n) is 15.2. The van der Waals surface area contributed by atoms with E-state index < -0.39 is 0 Å². The molecule has 0 N–H and O–H groups in total. The van der Waals surface area contributed by atoms with E-state index in [9.17, 15) is 9.18 Å². The van der Waals surface area contributed by atoms with Crippen LogP contribution in [0.4, 0.5) is 4.39 Å². The van der Waals surface area contributed by atoms with Crippen LogP contribution in [0, 0.1) is 5.82 Å². The summed E-state index contributed by atoms with van der Waals surface area (Å²) in [6.45, 7) is 3.46. The monoisotopic (exact) mass is 388 g/mol. The van der Waals surface area contributed by atoms with Crippen LogP contribution < -0.4 is 4.74 Å². The van der Waals surface area contributed by atoms with Crippen LogP contribution in [0.2, 0.25) is 5.02 Å². The largest absolute Gasteiger partial charge is 0.494 e. The minimum absolute atomic E-state index is 0.00915. The van der Waals surface area contributed by atoms with Crippen LogP contribution in [0.3, 0.4) is 0 Å². The Bertz CT molecular complexity index is 833. The summed E-state index contributed by atoms with van der Waals surface area (Å²) in [7, 11) is 1.45. The average Bonchev–Trinajstić information content (AvgIpc) is 2.67. The van der Waals surface area contributed by atoms with Gasteiger partial charge in [0.05, 0.1) is 7.11 Å². The van der Waals surface area contributed by atoms with E-state index >= 15 is 0 Å². The van der Waals surface area contributed by atoms with Crippen LogP contribution in [0.15, 0.2) is 48.5 Å². The van der Waals surface area contributed by atoms with E-state index in [1.54, 1.807) is 24.3 Å². The molecule has 1 saturated heterocycles. The second-order valence-electron chi connectivity index (χ2n) is 6.46. The third-order valence-corrected chi connectivity index (χ3v) is 4.81. The first-order valence-electron chi connectivity index (χ1n) is 8.82. The number of carbonyl (C=O) groups excluding carboxylic acids is 1. The van der Waals surface area contributed by atoms with Gasteiger partial charge in [-0.15, -0.1) is 0 Å². The van der Waals surface area contributed by atoms with E-state index in [0.717, 1.165) is 24.2 Å². The zero-order valence-corrected chi connectivity index (χ0v) is 16.0. The molecule has 4 nitrogen and oxygen atoms in total. The van der Waals surface area contributed by atoms with Crippen molar-refractivity contribution < 1.29 is 13.9 Å². The molecule has 0 saturated carbocycles. The number of hydrogen-bond donors (Lipinski definition) is 0. The van der Waals surface area contributed by atoms with Crippen molar-refractivity contribution in [2.45, 2.75) is 6.54 Å². The topological polar surface area (TPSA) is 32.8 Å². The lowest BCUT2D eigenvalue weighted by molar-refractivity contribution is -0.127. The maximum Gasteiger partial charge on any atom is 0.246 e. The van der Waals surface area contributed by atoms with Crippen LogP contribution >= 0.6 is 11.6 Å². The summed E-state index contributed by atoms with van der Waals surface area (Å²) >= 11 is 5.95.